The van der Waals surface area contributed by atoms with E-state index in [1.807, 2.05) is 6.92 Å². The third-order valence-electron chi connectivity index (χ3n) is 2.20. The minimum atomic E-state index is -0.229. The van der Waals surface area contributed by atoms with Crippen molar-refractivity contribution in [2.75, 3.05) is 6.54 Å². The maximum Gasteiger partial charge on any atom is 0.306 e. The van der Waals surface area contributed by atoms with Crippen LogP contribution in [0.1, 0.15) is 39.5 Å². The first-order chi connectivity index (χ1) is 7.13. The molecular formula is C11H21NO3. The second-order valence-corrected chi connectivity index (χ2v) is 3.77. The summed E-state index contributed by atoms with van der Waals surface area (Å²) in [6.45, 7) is 4.11. The summed E-state index contributed by atoms with van der Waals surface area (Å²) in [6.07, 6.45) is 3.37. The molecule has 0 amide bonds. The SMILES string of the molecule is CCCCC(=O)OC(C)CC(C=O)CN. The fraction of sp³-hybridized carbons (Fsp3) is 0.818. The van der Waals surface area contributed by atoms with Gasteiger partial charge < -0.3 is 15.3 Å². The van der Waals surface area contributed by atoms with Gasteiger partial charge in [-0.1, -0.05) is 13.3 Å². The van der Waals surface area contributed by atoms with Gasteiger partial charge in [-0.15, -0.1) is 0 Å². The Hall–Kier alpha value is -0.900. The lowest BCUT2D eigenvalue weighted by Gasteiger charge is -2.15. The quantitative estimate of drug-likeness (QED) is 0.489. The maximum atomic E-state index is 11.2. The third kappa shape index (κ3) is 7.08. The Morgan fingerprint density at radius 3 is 2.67 bits per heavy atom. The Morgan fingerprint density at radius 1 is 1.53 bits per heavy atom. The minimum absolute atomic E-state index is 0.189. The zero-order valence-corrected chi connectivity index (χ0v) is 9.57. The minimum Gasteiger partial charge on any atom is -0.463 e. The van der Waals surface area contributed by atoms with E-state index in [-0.39, 0.29) is 18.0 Å². The van der Waals surface area contributed by atoms with Crippen LogP contribution in [-0.2, 0) is 14.3 Å². The van der Waals surface area contributed by atoms with E-state index in [0.29, 0.717) is 19.4 Å². The summed E-state index contributed by atoms with van der Waals surface area (Å²) in [5, 5.41) is 0. The van der Waals surface area contributed by atoms with Crippen molar-refractivity contribution in [3.63, 3.8) is 0 Å². The van der Waals surface area contributed by atoms with Gasteiger partial charge in [-0.3, -0.25) is 4.79 Å². The van der Waals surface area contributed by atoms with E-state index in [2.05, 4.69) is 0 Å². The summed E-state index contributed by atoms with van der Waals surface area (Å²) in [6, 6.07) is 0. The predicted molar refractivity (Wildman–Crippen MR) is 58.3 cm³/mol. The molecule has 0 bridgehead atoms. The molecule has 0 fully saturated rings. The van der Waals surface area contributed by atoms with Gasteiger partial charge in [0, 0.05) is 18.9 Å². The molecular weight excluding hydrogens is 194 g/mol. The van der Waals surface area contributed by atoms with Gasteiger partial charge in [0.2, 0.25) is 0 Å². The van der Waals surface area contributed by atoms with E-state index in [0.717, 1.165) is 19.1 Å². The highest BCUT2D eigenvalue weighted by Crippen LogP contribution is 2.08. The molecule has 0 radical (unpaired) electrons. The molecule has 0 heterocycles. The molecule has 2 unspecified atom stereocenters. The topological polar surface area (TPSA) is 69.4 Å². The molecule has 0 aromatic rings. The Kier molecular flexibility index (Phi) is 7.91. The molecule has 0 aliphatic rings. The van der Waals surface area contributed by atoms with Crippen LogP contribution in [-0.4, -0.2) is 24.9 Å². The molecule has 15 heavy (non-hydrogen) atoms. The van der Waals surface area contributed by atoms with Gasteiger partial charge in [0.05, 0.1) is 6.10 Å². The zero-order valence-electron chi connectivity index (χ0n) is 9.57. The number of rotatable bonds is 8. The molecule has 4 nitrogen and oxygen atoms in total. The average Bonchev–Trinajstić information content (AvgIpc) is 2.22. The number of carbonyl (C=O) groups is 2. The van der Waals surface area contributed by atoms with E-state index in [1.165, 1.54) is 0 Å². The lowest BCUT2D eigenvalue weighted by atomic mass is 10.0. The summed E-state index contributed by atoms with van der Waals surface area (Å²) in [4.78, 5) is 21.7. The molecule has 0 saturated carbocycles. The van der Waals surface area contributed by atoms with Gasteiger partial charge in [0.15, 0.2) is 0 Å². The van der Waals surface area contributed by atoms with E-state index in [9.17, 15) is 9.59 Å². The Labute approximate surface area is 91.2 Å². The normalized spacial score (nSPS) is 14.3. The van der Waals surface area contributed by atoms with Crippen molar-refractivity contribution >= 4 is 12.3 Å². The molecule has 0 aliphatic carbocycles. The summed E-state index contributed by atoms with van der Waals surface area (Å²) < 4.78 is 5.13. The van der Waals surface area contributed by atoms with Crippen molar-refractivity contribution in [2.45, 2.75) is 45.6 Å². The smallest absolute Gasteiger partial charge is 0.306 e. The molecule has 0 spiro atoms. The molecule has 0 aliphatic heterocycles. The van der Waals surface area contributed by atoms with E-state index >= 15 is 0 Å². The summed E-state index contributed by atoms with van der Waals surface area (Å²) >= 11 is 0. The largest absolute Gasteiger partial charge is 0.463 e. The second kappa shape index (κ2) is 8.41. The van der Waals surface area contributed by atoms with Crippen molar-refractivity contribution < 1.29 is 14.3 Å². The molecule has 88 valence electrons. The summed E-state index contributed by atoms with van der Waals surface area (Å²) in [5.74, 6) is -0.398. The predicted octanol–water partition coefficient (Wildman–Crippen LogP) is 1.27. The van der Waals surface area contributed by atoms with Crippen LogP contribution >= 0.6 is 0 Å². The van der Waals surface area contributed by atoms with Crippen LogP contribution in [0.5, 0.6) is 0 Å². The van der Waals surface area contributed by atoms with Crippen LogP contribution < -0.4 is 5.73 Å². The first-order valence-corrected chi connectivity index (χ1v) is 5.48. The van der Waals surface area contributed by atoms with E-state index < -0.39 is 0 Å². The molecule has 0 aromatic heterocycles. The first-order valence-electron chi connectivity index (χ1n) is 5.48. The standard InChI is InChI=1S/C11H21NO3/c1-3-4-5-11(14)15-9(2)6-10(7-12)8-13/h8-10H,3-7,12H2,1-2H3. The number of esters is 1. The number of aldehydes is 1. The van der Waals surface area contributed by atoms with Gasteiger partial charge in [-0.2, -0.15) is 0 Å². The van der Waals surface area contributed by atoms with Crippen molar-refractivity contribution in [1.82, 2.24) is 0 Å². The lowest BCUT2D eigenvalue weighted by Crippen LogP contribution is -2.24. The van der Waals surface area contributed by atoms with Crippen LogP contribution in [0.4, 0.5) is 0 Å². The monoisotopic (exact) mass is 215 g/mol. The molecule has 0 aromatic carbocycles. The molecule has 0 rings (SSSR count). The summed E-state index contributed by atoms with van der Waals surface area (Å²) in [7, 11) is 0. The first kappa shape index (κ1) is 14.1. The Balaban J connectivity index is 3.76. The van der Waals surface area contributed by atoms with Crippen LogP contribution in [0.3, 0.4) is 0 Å². The number of unbranched alkanes of at least 4 members (excludes halogenated alkanes) is 1. The highest BCUT2D eigenvalue weighted by molar-refractivity contribution is 5.69. The van der Waals surface area contributed by atoms with Crippen LogP contribution in [0.15, 0.2) is 0 Å². The van der Waals surface area contributed by atoms with Gasteiger partial charge in [0.1, 0.15) is 6.29 Å². The Bertz CT molecular complexity index is 194. The van der Waals surface area contributed by atoms with Crippen LogP contribution in [0.2, 0.25) is 0 Å². The van der Waals surface area contributed by atoms with Gasteiger partial charge in [0.25, 0.3) is 0 Å². The van der Waals surface area contributed by atoms with Gasteiger partial charge >= 0.3 is 5.97 Å². The highest BCUT2D eigenvalue weighted by Gasteiger charge is 2.14. The second-order valence-electron chi connectivity index (χ2n) is 3.77. The molecule has 4 heteroatoms. The van der Waals surface area contributed by atoms with Crippen molar-refractivity contribution in [3.8, 4) is 0 Å². The van der Waals surface area contributed by atoms with Gasteiger partial charge in [-0.25, -0.2) is 0 Å². The van der Waals surface area contributed by atoms with Crippen molar-refractivity contribution in [1.29, 1.82) is 0 Å². The highest BCUT2D eigenvalue weighted by atomic mass is 16.5. The Morgan fingerprint density at radius 2 is 2.20 bits per heavy atom. The van der Waals surface area contributed by atoms with E-state index in [4.69, 9.17) is 10.5 Å². The van der Waals surface area contributed by atoms with Gasteiger partial charge in [-0.05, 0) is 19.8 Å². The van der Waals surface area contributed by atoms with E-state index in [1.54, 1.807) is 6.92 Å². The zero-order chi connectivity index (χ0) is 11.7. The fourth-order valence-corrected chi connectivity index (χ4v) is 1.29. The maximum absolute atomic E-state index is 11.2. The molecule has 0 saturated heterocycles. The van der Waals surface area contributed by atoms with Crippen molar-refractivity contribution in [3.05, 3.63) is 0 Å². The molecule has 2 N–H and O–H groups in total. The summed E-state index contributed by atoms with van der Waals surface area (Å²) in [5.41, 5.74) is 5.37. The fourth-order valence-electron chi connectivity index (χ4n) is 1.29. The number of ether oxygens (including phenoxy) is 1. The number of hydrogen-bond donors (Lipinski definition) is 1. The average molecular weight is 215 g/mol. The van der Waals surface area contributed by atoms with Crippen LogP contribution in [0, 0.1) is 5.92 Å². The van der Waals surface area contributed by atoms with Crippen LogP contribution in [0.25, 0.3) is 0 Å². The molecule has 2 atom stereocenters. The lowest BCUT2D eigenvalue weighted by molar-refractivity contribution is -0.149. The third-order valence-corrected chi connectivity index (χ3v) is 2.20. The number of nitrogens with two attached hydrogens (primary N) is 1. The number of hydrogen-bond acceptors (Lipinski definition) is 4. The number of carbonyl (C=O) groups excluding carboxylic acids is 2. The van der Waals surface area contributed by atoms with Crippen molar-refractivity contribution in [2.24, 2.45) is 11.7 Å².